The number of rotatable bonds is 3. The van der Waals surface area contributed by atoms with Crippen LogP contribution < -0.4 is 5.73 Å². The van der Waals surface area contributed by atoms with Gasteiger partial charge in [-0.3, -0.25) is 0 Å². The number of nitrogens with two attached hydrogens (primary N) is 1. The molecule has 2 heteroatoms. The zero-order valence-corrected chi connectivity index (χ0v) is 13.2. The zero-order chi connectivity index (χ0) is 14.8. The summed E-state index contributed by atoms with van der Waals surface area (Å²) in [4.78, 5) is 0. The van der Waals surface area contributed by atoms with E-state index in [-0.39, 0.29) is 5.41 Å². The van der Waals surface area contributed by atoms with Crippen molar-refractivity contribution in [1.82, 2.24) is 0 Å². The largest absolute Gasteiger partial charge is 0.330 e. The van der Waals surface area contributed by atoms with Gasteiger partial charge >= 0.3 is 0 Å². The first kappa shape index (κ1) is 15.1. The van der Waals surface area contributed by atoms with Crippen molar-refractivity contribution in [2.45, 2.75) is 32.6 Å². The molecular weight excluding hydrogens is 266 g/mol. The normalized spacial score (nSPS) is 11.7. The number of benzene rings is 2. The Kier molecular flexibility index (Phi) is 4.52. The first-order valence-corrected chi connectivity index (χ1v) is 7.39. The number of hydrogen-bond donors (Lipinski definition) is 1. The van der Waals surface area contributed by atoms with Gasteiger partial charge in [0.25, 0.3) is 0 Å². The topological polar surface area (TPSA) is 26.0 Å². The summed E-state index contributed by atoms with van der Waals surface area (Å²) in [6, 6.07) is 14.8. The van der Waals surface area contributed by atoms with Gasteiger partial charge in [-0.15, -0.1) is 0 Å². The average molecular weight is 288 g/mol. The quantitative estimate of drug-likeness (QED) is 0.862. The molecule has 0 heterocycles. The lowest BCUT2D eigenvalue weighted by molar-refractivity contribution is 0.590. The SMILES string of the molecule is CC(C)(C)c1ccc(-c2cc(CCN)ccc2Cl)cc1. The van der Waals surface area contributed by atoms with Crippen LogP contribution in [-0.2, 0) is 11.8 Å². The Morgan fingerprint density at radius 1 is 1.00 bits per heavy atom. The molecule has 0 aliphatic carbocycles. The van der Waals surface area contributed by atoms with Crippen LogP contribution in [0.1, 0.15) is 31.9 Å². The van der Waals surface area contributed by atoms with Crippen LogP contribution in [0.4, 0.5) is 0 Å². The van der Waals surface area contributed by atoms with Crippen LogP contribution in [0.15, 0.2) is 42.5 Å². The highest BCUT2D eigenvalue weighted by atomic mass is 35.5. The first-order valence-electron chi connectivity index (χ1n) is 7.01. The summed E-state index contributed by atoms with van der Waals surface area (Å²) in [6.45, 7) is 7.31. The second kappa shape index (κ2) is 5.99. The Balaban J connectivity index is 2.38. The lowest BCUT2D eigenvalue weighted by atomic mass is 9.86. The highest BCUT2D eigenvalue weighted by Gasteiger charge is 2.13. The smallest absolute Gasteiger partial charge is 0.0484 e. The van der Waals surface area contributed by atoms with Crippen LogP contribution in [0.3, 0.4) is 0 Å². The van der Waals surface area contributed by atoms with E-state index >= 15 is 0 Å². The summed E-state index contributed by atoms with van der Waals surface area (Å²) >= 11 is 6.33. The second-order valence-corrected chi connectivity index (χ2v) is 6.59. The maximum atomic E-state index is 6.33. The fourth-order valence-corrected chi connectivity index (χ4v) is 2.49. The molecule has 0 aliphatic rings. The van der Waals surface area contributed by atoms with Crippen molar-refractivity contribution in [3.05, 3.63) is 58.6 Å². The predicted molar refractivity (Wildman–Crippen MR) is 88.3 cm³/mol. The molecule has 0 saturated heterocycles. The number of halogens is 1. The van der Waals surface area contributed by atoms with Gasteiger partial charge in [0.2, 0.25) is 0 Å². The predicted octanol–water partition coefficient (Wildman–Crippen LogP) is 4.81. The molecule has 0 aliphatic heterocycles. The zero-order valence-electron chi connectivity index (χ0n) is 12.4. The van der Waals surface area contributed by atoms with Crippen molar-refractivity contribution in [2.24, 2.45) is 5.73 Å². The van der Waals surface area contributed by atoms with Gasteiger partial charge in [-0.25, -0.2) is 0 Å². The minimum atomic E-state index is 0.170. The monoisotopic (exact) mass is 287 g/mol. The third-order valence-corrected chi connectivity index (χ3v) is 3.86. The molecule has 2 aromatic carbocycles. The molecule has 2 aromatic rings. The summed E-state index contributed by atoms with van der Waals surface area (Å²) in [5.74, 6) is 0. The van der Waals surface area contributed by atoms with Gasteiger partial charge in [0.15, 0.2) is 0 Å². The van der Waals surface area contributed by atoms with Gasteiger partial charge < -0.3 is 5.73 Å². The summed E-state index contributed by atoms with van der Waals surface area (Å²) < 4.78 is 0. The molecular formula is C18H22ClN. The molecule has 0 amide bonds. The summed E-state index contributed by atoms with van der Waals surface area (Å²) in [5.41, 5.74) is 10.6. The van der Waals surface area contributed by atoms with E-state index < -0.39 is 0 Å². The maximum absolute atomic E-state index is 6.33. The minimum Gasteiger partial charge on any atom is -0.330 e. The highest BCUT2D eigenvalue weighted by molar-refractivity contribution is 6.33. The fraction of sp³-hybridized carbons (Fsp3) is 0.333. The number of hydrogen-bond acceptors (Lipinski definition) is 1. The molecule has 1 nitrogen and oxygen atoms in total. The first-order chi connectivity index (χ1) is 9.41. The molecule has 0 aromatic heterocycles. The van der Waals surface area contributed by atoms with E-state index in [1.807, 2.05) is 12.1 Å². The van der Waals surface area contributed by atoms with Crippen molar-refractivity contribution in [2.75, 3.05) is 6.54 Å². The molecule has 0 bridgehead atoms. The Hall–Kier alpha value is -1.31. The van der Waals surface area contributed by atoms with Crippen molar-refractivity contribution in [3.63, 3.8) is 0 Å². The summed E-state index contributed by atoms with van der Waals surface area (Å²) in [6.07, 6.45) is 0.879. The van der Waals surface area contributed by atoms with Crippen LogP contribution in [0.25, 0.3) is 11.1 Å². The highest BCUT2D eigenvalue weighted by Crippen LogP contribution is 2.31. The van der Waals surface area contributed by atoms with Crippen molar-refractivity contribution >= 4 is 11.6 Å². The summed E-state index contributed by atoms with van der Waals surface area (Å²) in [7, 11) is 0. The van der Waals surface area contributed by atoms with E-state index in [0.29, 0.717) is 6.54 Å². The Labute approximate surface area is 126 Å². The van der Waals surface area contributed by atoms with Crippen LogP contribution >= 0.6 is 11.6 Å². The molecule has 2 rings (SSSR count). The second-order valence-electron chi connectivity index (χ2n) is 6.18. The summed E-state index contributed by atoms with van der Waals surface area (Å²) in [5, 5.41) is 0.786. The minimum absolute atomic E-state index is 0.170. The molecule has 0 atom stereocenters. The molecule has 0 fully saturated rings. The standard InChI is InChI=1S/C18H22ClN/c1-18(2,3)15-7-5-14(6-8-15)16-12-13(10-11-20)4-9-17(16)19/h4-9,12H,10-11,20H2,1-3H3. The van der Waals surface area contributed by atoms with Crippen LogP contribution in [0, 0.1) is 0 Å². The van der Waals surface area contributed by atoms with E-state index in [4.69, 9.17) is 17.3 Å². The van der Waals surface area contributed by atoms with Gasteiger partial charge in [0.05, 0.1) is 0 Å². The molecule has 0 saturated carbocycles. The molecule has 0 spiro atoms. The molecule has 20 heavy (non-hydrogen) atoms. The molecule has 0 unspecified atom stereocenters. The Bertz CT molecular complexity index is 579. The van der Waals surface area contributed by atoms with E-state index in [0.717, 1.165) is 22.6 Å². The van der Waals surface area contributed by atoms with Crippen molar-refractivity contribution in [3.8, 4) is 11.1 Å². The fourth-order valence-electron chi connectivity index (χ4n) is 2.27. The van der Waals surface area contributed by atoms with Crippen LogP contribution in [0.2, 0.25) is 5.02 Å². The molecule has 2 N–H and O–H groups in total. The Morgan fingerprint density at radius 2 is 1.65 bits per heavy atom. The third kappa shape index (κ3) is 3.41. The van der Waals surface area contributed by atoms with E-state index in [1.165, 1.54) is 11.1 Å². The Morgan fingerprint density at radius 3 is 2.20 bits per heavy atom. The van der Waals surface area contributed by atoms with E-state index in [9.17, 15) is 0 Å². The van der Waals surface area contributed by atoms with E-state index in [2.05, 4.69) is 51.1 Å². The lowest BCUT2D eigenvalue weighted by Gasteiger charge is -2.19. The van der Waals surface area contributed by atoms with Gasteiger partial charge in [0, 0.05) is 10.6 Å². The van der Waals surface area contributed by atoms with Crippen molar-refractivity contribution in [1.29, 1.82) is 0 Å². The van der Waals surface area contributed by atoms with Gasteiger partial charge in [-0.1, -0.05) is 62.7 Å². The maximum Gasteiger partial charge on any atom is 0.0484 e. The van der Waals surface area contributed by atoms with Crippen molar-refractivity contribution < 1.29 is 0 Å². The van der Waals surface area contributed by atoms with Gasteiger partial charge in [-0.05, 0) is 47.2 Å². The molecule has 106 valence electrons. The van der Waals surface area contributed by atoms with Crippen LogP contribution in [0.5, 0.6) is 0 Å². The van der Waals surface area contributed by atoms with E-state index in [1.54, 1.807) is 0 Å². The average Bonchev–Trinajstić information content (AvgIpc) is 2.40. The lowest BCUT2D eigenvalue weighted by Crippen LogP contribution is -2.10. The van der Waals surface area contributed by atoms with Gasteiger partial charge in [0.1, 0.15) is 0 Å². The van der Waals surface area contributed by atoms with Gasteiger partial charge in [-0.2, -0.15) is 0 Å². The third-order valence-electron chi connectivity index (χ3n) is 3.53. The van der Waals surface area contributed by atoms with Crippen LogP contribution in [-0.4, -0.2) is 6.54 Å². The molecule has 0 radical (unpaired) electrons.